The largest absolute Gasteiger partial charge is 0.377 e. The van der Waals surface area contributed by atoms with E-state index in [1.54, 1.807) is 0 Å². The summed E-state index contributed by atoms with van der Waals surface area (Å²) in [5.41, 5.74) is 0.205. The summed E-state index contributed by atoms with van der Waals surface area (Å²) in [4.78, 5) is 4.69. The Hall–Kier alpha value is -0.420. The molecule has 2 N–H and O–H groups in total. The summed E-state index contributed by atoms with van der Waals surface area (Å²) in [5, 5.41) is 7.01. The van der Waals surface area contributed by atoms with Crippen molar-refractivity contribution in [1.29, 1.82) is 0 Å². The summed E-state index contributed by atoms with van der Waals surface area (Å²) in [6.07, 6.45) is 4.89. The van der Waals surface area contributed by atoms with E-state index in [0.29, 0.717) is 18.1 Å². The molecule has 1 saturated heterocycles. The van der Waals surface area contributed by atoms with Crippen molar-refractivity contribution in [3.05, 3.63) is 0 Å². The standard InChI is InChI=1S/C15H29N3OS/c1-5-16-14(17-8-6-10-20-4)18-12-11-7-9-19-13(11)15(12,2)3/h11-13H,5-10H2,1-4H3,(H2,16,17,18). The summed E-state index contributed by atoms with van der Waals surface area (Å²) in [7, 11) is 0. The van der Waals surface area contributed by atoms with Crippen molar-refractivity contribution < 1.29 is 4.74 Å². The fourth-order valence-electron chi connectivity index (χ4n) is 3.48. The van der Waals surface area contributed by atoms with Crippen molar-refractivity contribution in [3.8, 4) is 0 Å². The number of nitrogens with one attached hydrogen (secondary N) is 2. The van der Waals surface area contributed by atoms with Crippen LogP contribution >= 0.6 is 11.8 Å². The molecular weight excluding hydrogens is 270 g/mol. The van der Waals surface area contributed by atoms with E-state index < -0.39 is 0 Å². The summed E-state index contributed by atoms with van der Waals surface area (Å²) < 4.78 is 5.85. The van der Waals surface area contributed by atoms with Gasteiger partial charge in [0.05, 0.1) is 6.10 Å². The van der Waals surface area contributed by atoms with E-state index in [9.17, 15) is 0 Å². The third-order valence-electron chi connectivity index (χ3n) is 4.51. The molecule has 0 aromatic rings. The Balaban J connectivity index is 1.90. The second-order valence-electron chi connectivity index (χ2n) is 6.29. The topological polar surface area (TPSA) is 45.7 Å². The first-order valence-electron chi connectivity index (χ1n) is 7.76. The summed E-state index contributed by atoms with van der Waals surface area (Å²) >= 11 is 1.88. The molecule has 1 heterocycles. The van der Waals surface area contributed by atoms with Crippen molar-refractivity contribution in [2.75, 3.05) is 31.7 Å². The second-order valence-corrected chi connectivity index (χ2v) is 7.28. The Labute approximate surface area is 127 Å². The second kappa shape index (κ2) is 7.03. The van der Waals surface area contributed by atoms with Gasteiger partial charge in [0.1, 0.15) is 0 Å². The van der Waals surface area contributed by atoms with Crippen LogP contribution in [0.15, 0.2) is 4.99 Å². The van der Waals surface area contributed by atoms with E-state index in [0.717, 1.165) is 32.1 Å². The number of nitrogens with zero attached hydrogens (tertiary/aromatic N) is 1. The third-order valence-corrected chi connectivity index (χ3v) is 5.21. The van der Waals surface area contributed by atoms with E-state index in [1.165, 1.54) is 12.2 Å². The van der Waals surface area contributed by atoms with Crippen LogP contribution < -0.4 is 10.6 Å². The lowest BCUT2D eigenvalue weighted by Crippen LogP contribution is -2.67. The zero-order valence-electron chi connectivity index (χ0n) is 13.2. The maximum absolute atomic E-state index is 5.85. The minimum absolute atomic E-state index is 0.205. The van der Waals surface area contributed by atoms with Crippen molar-refractivity contribution in [2.45, 2.75) is 45.8 Å². The molecule has 2 aliphatic rings. The van der Waals surface area contributed by atoms with Crippen LogP contribution in [0, 0.1) is 11.3 Å². The lowest BCUT2D eigenvalue weighted by molar-refractivity contribution is -0.106. The molecule has 3 atom stereocenters. The maximum atomic E-state index is 5.85. The monoisotopic (exact) mass is 299 g/mol. The van der Waals surface area contributed by atoms with Gasteiger partial charge in [-0.1, -0.05) is 13.8 Å². The van der Waals surface area contributed by atoms with Gasteiger partial charge in [0.25, 0.3) is 0 Å². The number of hydrogen-bond acceptors (Lipinski definition) is 3. The van der Waals surface area contributed by atoms with Gasteiger partial charge in [0, 0.05) is 37.1 Å². The van der Waals surface area contributed by atoms with Crippen LogP contribution in [0.5, 0.6) is 0 Å². The van der Waals surface area contributed by atoms with Gasteiger partial charge in [-0.3, -0.25) is 4.99 Å². The molecule has 0 spiro atoms. The van der Waals surface area contributed by atoms with Gasteiger partial charge in [0.15, 0.2) is 5.96 Å². The molecule has 3 unspecified atom stereocenters. The van der Waals surface area contributed by atoms with E-state index >= 15 is 0 Å². The molecule has 0 bridgehead atoms. The molecule has 0 aromatic heterocycles. The number of guanidine groups is 1. The number of ether oxygens (including phenoxy) is 1. The van der Waals surface area contributed by atoms with E-state index in [4.69, 9.17) is 9.73 Å². The summed E-state index contributed by atoms with van der Waals surface area (Å²) in [6, 6.07) is 0.480. The Kier molecular flexibility index (Phi) is 5.61. The van der Waals surface area contributed by atoms with Gasteiger partial charge in [-0.05, 0) is 31.8 Å². The van der Waals surface area contributed by atoms with Gasteiger partial charge in [-0.25, -0.2) is 0 Å². The Bertz CT molecular complexity index is 346. The third kappa shape index (κ3) is 3.25. The molecule has 5 heteroatoms. The zero-order chi connectivity index (χ0) is 14.6. The zero-order valence-corrected chi connectivity index (χ0v) is 14.1. The smallest absolute Gasteiger partial charge is 0.191 e. The summed E-state index contributed by atoms with van der Waals surface area (Å²) in [5.74, 6) is 2.80. The normalized spacial score (nSPS) is 31.6. The molecule has 116 valence electrons. The minimum Gasteiger partial charge on any atom is -0.377 e. The first kappa shape index (κ1) is 16.0. The lowest BCUT2D eigenvalue weighted by atomic mass is 9.57. The molecule has 1 saturated carbocycles. The Morgan fingerprint density at radius 3 is 2.95 bits per heavy atom. The molecule has 20 heavy (non-hydrogen) atoms. The molecular formula is C15H29N3OS. The number of rotatable bonds is 6. The fraction of sp³-hybridized carbons (Fsp3) is 0.933. The van der Waals surface area contributed by atoms with E-state index in [2.05, 4.69) is 37.7 Å². The number of fused-ring (bicyclic) bond motifs is 1. The van der Waals surface area contributed by atoms with Crippen LogP contribution in [-0.2, 0) is 4.74 Å². The van der Waals surface area contributed by atoms with Gasteiger partial charge < -0.3 is 15.4 Å². The van der Waals surface area contributed by atoms with Gasteiger partial charge in [-0.2, -0.15) is 11.8 Å². The first-order valence-corrected chi connectivity index (χ1v) is 9.16. The van der Waals surface area contributed by atoms with Crippen LogP contribution in [0.4, 0.5) is 0 Å². The van der Waals surface area contributed by atoms with Crippen LogP contribution in [-0.4, -0.2) is 49.8 Å². The van der Waals surface area contributed by atoms with Crippen LogP contribution in [0.3, 0.4) is 0 Å². The van der Waals surface area contributed by atoms with Gasteiger partial charge >= 0.3 is 0 Å². The fourth-order valence-corrected chi connectivity index (χ4v) is 3.90. The quantitative estimate of drug-likeness (QED) is 0.448. The highest BCUT2D eigenvalue weighted by molar-refractivity contribution is 7.98. The number of thioether (sulfide) groups is 1. The molecule has 0 amide bonds. The maximum Gasteiger partial charge on any atom is 0.191 e. The van der Waals surface area contributed by atoms with Crippen LogP contribution in [0.2, 0.25) is 0 Å². The highest BCUT2D eigenvalue weighted by atomic mass is 32.2. The van der Waals surface area contributed by atoms with Crippen molar-refractivity contribution in [2.24, 2.45) is 16.3 Å². The van der Waals surface area contributed by atoms with Crippen LogP contribution in [0.1, 0.15) is 33.6 Å². The van der Waals surface area contributed by atoms with E-state index in [1.807, 2.05) is 11.8 Å². The molecule has 2 fully saturated rings. The number of hydrogen-bond donors (Lipinski definition) is 2. The minimum atomic E-state index is 0.205. The SMILES string of the molecule is CCNC(=NCCCSC)NC1C2CCOC2C1(C)C. The predicted molar refractivity (Wildman–Crippen MR) is 87.5 cm³/mol. The number of aliphatic imine (C=N–C) groups is 1. The first-order chi connectivity index (χ1) is 9.61. The Morgan fingerprint density at radius 1 is 1.45 bits per heavy atom. The van der Waals surface area contributed by atoms with Crippen molar-refractivity contribution in [3.63, 3.8) is 0 Å². The average molecular weight is 299 g/mol. The Morgan fingerprint density at radius 2 is 2.25 bits per heavy atom. The van der Waals surface area contributed by atoms with Crippen molar-refractivity contribution in [1.82, 2.24) is 10.6 Å². The van der Waals surface area contributed by atoms with Gasteiger partial charge in [0.2, 0.25) is 0 Å². The molecule has 1 aliphatic carbocycles. The molecule has 0 aromatic carbocycles. The molecule has 4 nitrogen and oxygen atoms in total. The molecule has 2 rings (SSSR count). The average Bonchev–Trinajstić information content (AvgIpc) is 2.87. The van der Waals surface area contributed by atoms with Crippen molar-refractivity contribution >= 4 is 17.7 Å². The van der Waals surface area contributed by atoms with Crippen LogP contribution in [0.25, 0.3) is 0 Å². The van der Waals surface area contributed by atoms with Gasteiger partial charge in [-0.15, -0.1) is 0 Å². The summed E-state index contributed by atoms with van der Waals surface area (Å²) in [6.45, 7) is 9.44. The van der Waals surface area contributed by atoms with E-state index in [-0.39, 0.29) is 5.41 Å². The highest BCUT2D eigenvalue weighted by Crippen LogP contribution is 2.52. The molecule has 1 aliphatic heterocycles. The lowest BCUT2D eigenvalue weighted by Gasteiger charge is -2.54. The predicted octanol–water partition coefficient (Wildman–Crippen LogP) is 2.11. The molecule has 0 radical (unpaired) electrons. The highest BCUT2D eigenvalue weighted by Gasteiger charge is 2.59.